The molecule has 0 unspecified atom stereocenters. The summed E-state index contributed by atoms with van der Waals surface area (Å²) < 4.78 is 33.5. The van der Waals surface area contributed by atoms with Crippen LogP contribution in [-0.4, -0.2) is 29.4 Å². The Morgan fingerprint density at radius 3 is 2.55 bits per heavy atom. The van der Waals surface area contributed by atoms with E-state index >= 15 is 0 Å². The monoisotopic (exact) mass is 476 g/mol. The Kier molecular flexibility index (Phi) is 5.72. The first kappa shape index (κ1) is 21.0. The van der Waals surface area contributed by atoms with Gasteiger partial charge in [-0.3, -0.25) is 9.52 Å². The van der Waals surface area contributed by atoms with Crippen LogP contribution in [0.4, 0.5) is 5.69 Å². The number of aromatic nitrogens is 3. The molecule has 9 nitrogen and oxygen atoms in total. The van der Waals surface area contributed by atoms with Gasteiger partial charge in [-0.25, -0.2) is 13.2 Å². The van der Waals surface area contributed by atoms with Gasteiger partial charge in [0.15, 0.2) is 6.73 Å². The largest absolute Gasteiger partial charge is 0.439 e. The summed E-state index contributed by atoms with van der Waals surface area (Å²) in [5.74, 6) is -0.707. The van der Waals surface area contributed by atoms with Crippen LogP contribution in [0.1, 0.15) is 10.4 Å². The number of nitrogens with zero attached hydrogens (tertiary/aromatic N) is 3. The molecule has 0 aliphatic rings. The number of ether oxygens (including phenoxy) is 1. The molecule has 0 radical (unpaired) electrons. The summed E-state index contributed by atoms with van der Waals surface area (Å²) in [5, 5.41) is 8.02. The van der Waals surface area contributed by atoms with Crippen molar-refractivity contribution in [1.29, 1.82) is 0 Å². The average Bonchev–Trinajstić information content (AvgIpc) is 3.21. The molecule has 2 aromatic heterocycles. The molecule has 4 rings (SSSR count). The lowest BCUT2D eigenvalue weighted by molar-refractivity contribution is 0.0336. The number of benzene rings is 2. The molecule has 2 heterocycles. The zero-order valence-electron chi connectivity index (χ0n) is 15.6. The Bertz CT molecular complexity index is 1430. The van der Waals surface area contributed by atoms with E-state index in [1.165, 1.54) is 36.4 Å². The summed E-state index contributed by atoms with van der Waals surface area (Å²) in [4.78, 5) is 24.6. The van der Waals surface area contributed by atoms with Crippen molar-refractivity contribution in [3.63, 3.8) is 0 Å². The van der Waals surface area contributed by atoms with Gasteiger partial charge in [-0.15, -0.1) is 16.4 Å². The molecule has 4 aromatic rings. The molecule has 0 fully saturated rings. The molecule has 2 aromatic carbocycles. The van der Waals surface area contributed by atoms with Crippen LogP contribution in [0.15, 0.2) is 69.7 Å². The molecule has 0 amide bonds. The highest BCUT2D eigenvalue weighted by atomic mass is 35.5. The fourth-order valence-electron chi connectivity index (χ4n) is 2.63. The van der Waals surface area contributed by atoms with E-state index in [-0.39, 0.29) is 15.5 Å². The maximum Gasteiger partial charge on any atom is 0.339 e. The number of halogens is 1. The maximum absolute atomic E-state index is 12.4. The third-order valence-corrected chi connectivity index (χ3v) is 7.24. The normalized spacial score (nSPS) is 11.4. The van der Waals surface area contributed by atoms with E-state index in [1.54, 1.807) is 24.3 Å². The number of hydrogen-bond donors (Lipinski definition) is 1. The SMILES string of the molecule is O=C(OCn1nnc2ccccc2c1=O)c1ccc(NS(=O)(=O)c2ccc(Cl)s2)cc1. The highest BCUT2D eigenvalue weighted by Gasteiger charge is 2.17. The molecular weight excluding hydrogens is 464 g/mol. The van der Waals surface area contributed by atoms with Gasteiger partial charge in [0.2, 0.25) is 0 Å². The van der Waals surface area contributed by atoms with Crippen molar-refractivity contribution < 1.29 is 17.9 Å². The van der Waals surface area contributed by atoms with Crippen LogP contribution in [0.25, 0.3) is 10.9 Å². The highest BCUT2D eigenvalue weighted by Crippen LogP contribution is 2.27. The molecule has 12 heteroatoms. The summed E-state index contributed by atoms with van der Waals surface area (Å²) in [7, 11) is -3.78. The van der Waals surface area contributed by atoms with Crippen molar-refractivity contribution in [1.82, 2.24) is 15.0 Å². The second-order valence-electron chi connectivity index (χ2n) is 6.21. The topological polar surface area (TPSA) is 120 Å². The summed E-state index contributed by atoms with van der Waals surface area (Å²) in [6.07, 6.45) is 0. The number of sulfonamides is 1. The Labute approximate surface area is 184 Å². The van der Waals surface area contributed by atoms with E-state index in [9.17, 15) is 18.0 Å². The molecule has 1 N–H and O–H groups in total. The van der Waals surface area contributed by atoms with Crippen molar-refractivity contribution in [2.75, 3.05) is 4.72 Å². The minimum atomic E-state index is -3.78. The number of rotatable bonds is 6. The molecule has 0 aliphatic heterocycles. The molecule has 158 valence electrons. The second kappa shape index (κ2) is 8.46. The Morgan fingerprint density at radius 2 is 1.84 bits per heavy atom. The Balaban J connectivity index is 1.43. The van der Waals surface area contributed by atoms with Gasteiger partial charge in [-0.05, 0) is 48.5 Å². The van der Waals surface area contributed by atoms with Gasteiger partial charge in [0.05, 0.1) is 15.3 Å². The number of nitrogens with one attached hydrogen (secondary N) is 1. The predicted molar refractivity (Wildman–Crippen MR) is 116 cm³/mol. The van der Waals surface area contributed by atoms with E-state index in [0.717, 1.165) is 16.0 Å². The predicted octanol–water partition coefficient (Wildman–Crippen LogP) is 3.12. The van der Waals surface area contributed by atoms with E-state index in [2.05, 4.69) is 15.0 Å². The van der Waals surface area contributed by atoms with Crippen molar-refractivity contribution >= 4 is 55.5 Å². The summed E-state index contributed by atoms with van der Waals surface area (Å²) in [6, 6.07) is 15.2. The van der Waals surface area contributed by atoms with Crippen LogP contribution in [0.5, 0.6) is 0 Å². The summed E-state index contributed by atoms with van der Waals surface area (Å²) >= 11 is 6.71. The van der Waals surface area contributed by atoms with Crippen LogP contribution in [0.3, 0.4) is 0 Å². The molecule has 0 aliphatic carbocycles. The highest BCUT2D eigenvalue weighted by molar-refractivity contribution is 7.94. The number of fused-ring (bicyclic) bond motifs is 1. The van der Waals surface area contributed by atoms with Gasteiger partial charge in [0, 0.05) is 5.69 Å². The zero-order chi connectivity index (χ0) is 22.0. The smallest absolute Gasteiger partial charge is 0.339 e. The first-order valence-corrected chi connectivity index (χ1v) is 11.4. The summed E-state index contributed by atoms with van der Waals surface area (Å²) in [6.45, 7) is -0.414. The lowest BCUT2D eigenvalue weighted by Crippen LogP contribution is -2.26. The Hall–Kier alpha value is -3.28. The van der Waals surface area contributed by atoms with Crippen LogP contribution < -0.4 is 10.3 Å². The molecule has 0 saturated carbocycles. The van der Waals surface area contributed by atoms with Gasteiger partial charge in [-0.1, -0.05) is 28.9 Å². The molecule has 0 bridgehead atoms. The van der Waals surface area contributed by atoms with Crippen molar-refractivity contribution in [3.8, 4) is 0 Å². The number of anilines is 1. The summed E-state index contributed by atoms with van der Waals surface area (Å²) in [5.41, 5.74) is 0.441. The molecule has 31 heavy (non-hydrogen) atoms. The lowest BCUT2D eigenvalue weighted by Gasteiger charge is -2.08. The second-order valence-corrected chi connectivity index (χ2v) is 9.84. The van der Waals surface area contributed by atoms with Gasteiger partial charge in [0.1, 0.15) is 9.73 Å². The third kappa shape index (κ3) is 4.58. The molecule has 0 atom stereocenters. The van der Waals surface area contributed by atoms with Crippen LogP contribution in [-0.2, 0) is 21.5 Å². The van der Waals surface area contributed by atoms with E-state index < -0.39 is 28.3 Å². The number of carbonyl (C=O) groups excluding carboxylic acids is 1. The van der Waals surface area contributed by atoms with Crippen molar-refractivity contribution in [2.24, 2.45) is 0 Å². The van der Waals surface area contributed by atoms with Crippen molar-refractivity contribution in [3.05, 3.63) is 80.9 Å². The van der Waals surface area contributed by atoms with Gasteiger partial charge < -0.3 is 4.74 Å². The standard InChI is InChI=1S/C19H13ClN4O5S2/c20-16-9-10-17(30-16)31(27,28)22-13-7-5-12(6-8-13)19(26)29-11-24-18(25)14-3-1-2-4-15(14)21-23-24/h1-10,22H,11H2. The van der Waals surface area contributed by atoms with Crippen LogP contribution in [0.2, 0.25) is 4.34 Å². The minimum Gasteiger partial charge on any atom is -0.439 e. The van der Waals surface area contributed by atoms with Crippen molar-refractivity contribution in [2.45, 2.75) is 10.9 Å². The van der Waals surface area contributed by atoms with E-state index in [0.29, 0.717) is 15.2 Å². The first-order chi connectivity index (χ1) is 14.8. The van der Waals surface area contributed by atoms with E-state index in [1.807, 2.05) is 0 Å². The van der Waals surface area contributed by atoms with Crippen LogP contribution >= 0.6 is 22.9 Å². The molecule has 0 spiro atoms. The van der Waals surface area contributed by atoms with Gasteiger partial charge in [-0.2, -0.15) is 4.68 Å². The maximum atomic E-state index is 12.4. The van der Waals surface area contributed by atoms with E-state index in [4.69, 9.17) is 16.3 Å². The first-order valence-electron chi connectivity index (χ1n) is 8.71. The fourth-order valence-corrected chi connectivity index (χ4v) is 5.17. The average molecular weight is 477 g/mol. The number of esters is 1. The van der Waals surface area contributed by atoms with Crippen LogP contribution in [0, 0.1) is 0 Å². The molecule has 0 saturated heterocycles. The van der Waals surface area contributed by atoms with Gasteiger partial charge in [0.25, 0.3) is 15.6 Å². The Morgan fingerprint density at radius 1 is 1.10 bits per heavy atom. The molecular formula is C19H13ClN4O5S2. The number of thiophene rings is 1. The number of hydrogen-bond acceptors (Lipinski definition) is 8. The van der Waals surface area contributed by atoms with Gasteiger partial charge >= 0.3 is 5.97 Å². The lowest BCUT2D eigenvalue weighted by atomic mass is 10.2. The number of carbonyl (C=O) groups is 1. The fraction of sp³-hybridized carbons (Fsp3) is 0.0526. The quantitative estimate of drug-likeness (QED) is 0.424. The zero-order valence-corrected chi connectivity index (χ0v) is 17.9. The third-order valence-electron chi connectivity index (χ3n) is 4.13. The minimum absolute atomic E-state index is 0.0722.